The van der Waals surface area contributed by atoms with Crippen LogP contribution >= 0.6 is 0 Å². The van der Waals surface area contributed by atoms with E-state index in [1.165, 1.54) is 205 Å². The molecule has 0 aliphatic heterocycles. The molecule has 51 heavy (non-hydrogen) atoms. The van der Waals surface area contributed by atoms with Crippen LogP contribution in [0.4, 0.5) is 0 Å². The van der Waals surface area contributed by atoms with Gasteiger partial charge in [0.1, 0.15) is 0 Å². The Kier molecular flexibility index (Phi) is 41.6. The molecule has 0 spiro atoms. The van der Waals surface area contributed by atoms with Gasteiger partial charge in [0.15, 0.2) is 0 Å². The first-order valence-electron chi connectivity index (χ1n) is 23.3. The van der Waals surface area contributed by atoms with Crippen LogP contribution in [0.1, 0.15) is 264 Å². The van der Waals surface area contributed by atoms with Crippen molar-refractivity contribution < 1.29 is 20.1 Å². The van der Waals surface area contributed by atoms with E-state index in [-0.39, 0.29) is 18.9 Å². The van der Waals surface area contributed by atoms with E-state index < -0.39 is 18.2 Å². The second kappa shape index (κ2) is 42.1. The summed E-state index contributed by atoms with van der Waals surface area (Å²) in [5.74, 6) is -0.278. The minimum atomic E-state index is -0.744. The summed E-state index contributed by atoms with van der Waals surface area (Å²) in [7, 11) is 0. The summed E-state index contributed by atoms with van der Waals surface area (Å²) in [5.41, 5.74) is 0. The number of carbonyl (C=O) groups is 1. The molecular weight excluding hydrogens is 631 g/mol. The number of nitrogens with one attached hydrogen (secondary N) is 1. The van der Waals surface area contributed by atoms with Gasteiger partial charge in [0, 0.05) is 0 Å². The molecule has 0 saturated carbocycles. The molecule has 0 aromatic carbocycles. The van der Waals surface area contributed by atoms with E-state index in [4.69, 9.17) is 0 Å². The smallest absolute Gasteiger partial charge is 0.222 e. The summed E-state index contributed by atoms with van der Waals surface area (Å²) in [5, 5.41) is 33.4. The maximum absolute atomic E-state index is 12.5. The maximum atomic E-state index is 12.5. The monoisotopic (exact) mass is 724 g/mol. The molecule has 1 amide bonds. The Bertz CT molecular complexity index is 674. The topological polar surface area (TPSA) is 89.8 Å². The van der Waals surface area contributed by atoms with Crippen molar-refractivity contribution in [3.8, 4) is 0 Å². The third-order valence-corrected chi connectivity index (χ3v) is 11.2. The van der Waals surface area contributed by atoms with E-state index >= 15 is 0 Å². The lowest BCUT2D eigenvalue weighted by Crippen LogP contribution is -2.46. The van der Waals surface area contributed by atoms with Crippen LogP contribution < -0.4 is 5.32 Å². The molecular formula is C46H93NO4. The standard InChI is InChI=1S/C46H93NO4/c1-3-5-7-9-11-13-15-17-19-20-21-22-23-24-25-26-28-30-32-34-36-38-40-45(50)44(42-48)47-46(51)41-43(49)39-37-35-33-31-29-27-18-16-14-12-10-8-6-4-2/h43-45,48-50H,3-42H2,1-2H3,(H,47,51). The summed E-state index contributed by atoms with van der Waals surface area (Å²) in [6.45, 7) is 4.28. The van der Waals surface area contributed by atoms with Crippen LogP contribution in [0.3, 0.4) is 0 Å². The molecule has 0 fully saturated rings. The molecule has 0 aliphatic rings. The van der Waals surface area contributed by atoms with Crippen LogP contribution in [-0.4, -0.2) is 46.1 Å². The number of unbranched alkanes of at least 4 members (excludes halogenated alkanes) is 34. The zero-order chi connectivity index (χ0) is 37.3. The van der Waals surface area contributed by atoms with Crippen LogP contribution in [0.5, 0.6) is 0 Å². The highest BCUT2D eigenvalue weighted by molar-refractivity contribution is 5.76. The number of carbonyl (C=O) groups excluding carboxylic acids is 1. The molecule has 306 valence electrons. The number of rotatable bonds is 43. The minimum Gasteiger partial charge on any atom is -0.394 e. The third kappa shape index (κ3) is 38.9. The molecule has 0 rings (SSSR count). The Morgan fingerprint density at radius 1 is 0.412 bits per heavy atom. The molecule has 3 atom stereocenters. The predicted octanol–water partition coefficient (Wildman–Crippen LogP) is 13.4. The van der Waals surface area contributed by atoms with Gasteiger partial charge in [0.25, 0.3) is 0 Å². The third-order valence-electron chi connectivity index (χ3n) is 11.2. The van der Waals surface area contributed by atoms with Gasteiger partial charge >= 0.3 is 0 Å². The van der Waals surface area contributed by atoms with Crippen LogP contribution in [0, 0.1) is 0 Å². The average Bonchev–Trinajstić information content (AvgIpc) is 3.12. The molecule has 0 radical (unpaired) electrons. The Hall–Kier alpha value is -0.650. The van der Waals surface area contributed by atoms with Crippen molar-refractivity contribution in [2.24, 2.45) is 0 Å². The molecule has 0 bridgehead atoms. The van der Waals surface area contributed by atoms with Gasteiger partial charge in [-0.2, -0.15) is 0 Å². The van der Waals surface area contributed by atoms with Crippen molar-refractivity contribution >= 4 is 5.91 Å². The molecule has 0 aromatic rings. The Labute approximate surface area is 319 Å². The number of hydrogen-bond donors (Lipinski definition) is 4. The number of aliphatic hydroxyl groups is 3. The first kappa shape index (κ1) is 50.4. The lowest BCUT2D eigenvalue weighted by atomic mass is 10.0. The summed E-state index contributed by atoms with van der Waals surface area (Å²) in [6, 6.07) is -0.652. The van der Waals surface area contributed by atoms with Gasteiger partial charge in [-0.05, 0) is 12.8 Å². The minimum absolute atomic E-state index is 0.0427. The largest absolute Gasteiger partial charge is 0.394 e. The van der Waals surface area contributed by atoms with Crippen molar-refractivity contribution in [3.63, 3.8) is 0 Å². The fourth-order valence-corrected chi connectivity index (χ4v) is 7.58. The average molecular weight is 724 g/mol. The predicted molar refractivity (Wildman–Crippen MR) is 222 cm³/mol. The van der Waals surface area contributed by atoms with Gasteiger partial charge in [-0.15, -0.1) is 0 Å². The Morgan fingerprint density at radius 3 is 0.941 bits per heavy atom. The van der Waals surface area contributed by atoms with E-state index in [1.54, 1.807) is 0 Å². The van der Waals surface area contributed by atoms with E-state index in [2.05, 4.69) is 19.2 Å². The molecule has 4 N–H and O–H groups in total. The molecule has 5 nitrogen and oxygen atoms in total. The lowest BCUT2D eigenvalue weighted by molar-refractivity contribution is -0.125. The molecule has 0 aromatic heterocycles. The Morgan fingerprint density at radius 2 is 0.667 bits per heavy atom. The number of amides is 1. The quantitative estimate of drug-likeness (QED) is 0.0472. The van der Waals surface area contributed by atoms with Gasteiger partial charge in [-0.3, -0.25) is 4.79 Å². The van der Waals surface area contributed by atoms with Gasteiger partial charge in [-0.1, -0.05) is 245 Å². The van der Waals surface area contributed by atoms with Gasteiger partial charge < -0.3 is 20.6 Å². The SMILES string of the molecule is CCCCCCCCCCCCCCCCCCCCCCCCC(O)C(CO)NC(=O)CC(O)CCCCCCCCCCCCCCCC. The second-order valence-electron chi connectivity index (χ2n) is 16.4. The van der Waals surface area contributed by atoms with E-state index in [1.807, 2.05) is 0 Å². The first-order valence-corrected chi connectivity index (χ1v) is 23.3. The van der Waals surface area contributed by atoms with E-state index in [0.29, 0.717) is 12.8 Å². The van der Waals surface area contributed by atoms with Crippen LogP contribution in [0.25, 0.3) is 0 Å². The van der Waals surface area contributed by atoms with Crippen molar-refractivity contribution in [2.75, 3.05) is 6.61 Å². The zero-order valence-corrected chi connectivity index (χ0v) is 34.8. The highest BCUT2D eigenvalue weighted by Crippen LogP contribution is 2.17. The Balaban J connectivity index is 3.54. The normalized spacial score (nSPS) is 13.4. The maximum Gasteiger partial charge on any atom is 0.222 e. The van der Waals surface area contributed by atoms with Crippen molar-refractivity contribution in [3.05, 3.63) is 0 Å². The molecule has 3 unspecified atom stereocenters. The van der Waals surface area contributed by atoms with Crippen LogP contribution in [0.2, 0.25) is 0 Å². The highest BCUT2D eigenvalue weighted by Gasteiger charge is 2.21. The van der Waals surface area contributed by atoms with Crippen LogP contribution in [-0.2, 0) is 4.79 Å². The molecule has 0 aliphatic carbocycles. The van der Waals surface area contributed by atoms with E-state index in [0.717, 1.165) is 25.7 Å². The van der Waals surface area contributed by atoms with E-state index in [9.17, 15) is 20.1 Å². The summed E-state index contributed by atoms with van der Waals surface area (Å²) >= 11 is 0. The summed E-state index contributed by atoms with van der Waals surface area (Å²) in [6.07, 6.45) is 47.9. The van der Waals surface area contributed by atoms with Crippen molar-refractivity contribution in [1.82, 2.24) is 5.32 Å². The van der Waals surface area contributed by atoms with Crippen LogP contribution in [0.15, 0.2) is 0 Å². The van der Waals surface area contributed by atoms with Gasteiger partial charge in [0.05, 0.1) is 31.3 Å². The summed E-state index contributed by atoms with van der Waals surface area (Å²) < 4.78 is 0. The number of hydrogen-bond acceptors (Lipinski definition) is 4. The lowest BCUT2D eigenvalue weighted by Gasteiger charge is -2.23. The number of aliphatic hydroxyl groups excluding tert-OH is 3. The molecule has 0 heterocycles. The molecule has 5 heteroatoms. The second-order valence-corrected chi connectivity index (χ2v) is 16.4. The fraction of sp³-hybridized carbons (Fsp3) is 0.978. The highest BCUT2D eigenvalue weighted by atomic mass is 16.3. The first-order chi connectivity index (χ1) is 25.0. The summed E-state index contributed by atoms with van der Waals surface area (Å²) in [4.78, 5) is 12.5. The van der Waals surface area contributed by atoms with Crippen molar-refractivity contribution in [2.45, 2.75) is 283 Å². The van der Waals surface area contributed by atoms with Crippen molar-refractivity contribution in [1.29, 1.82) is 0 Å². The van der Waals surface area contributed by atoms with Gasteiger partial charge in [0.2, 0.25) is 5.91 Å². The van der Waals surface area contributed by atoms with Gasteiger partial charge in [-0.25, -0.2) is 0 Å². The fourth-order valence-electron chi connectivity index (χ4n) is 7.58. The zero-order valence-electron chi connectivity index (χ0n) is 34.8. The molecule has 0 saturated heterocycles.